The van der Waals surface area contributed by atoms with Gasteiger partial charge in [0.05, 0.1) is 5.02 Å². The summed E-state index contributed by atoms with van der Waals surface area (Å²) in [4.78, 5) is 14.8. The van der Waals surface area contributed by atoms with Gasteiger partial charge in [-0.25, -0.2) is 9.18 Å². The Balaban J connectivity index is 1.69. The number of nitrogens with zero attached hydrogens (tertiary/aromatic N) is 1. The van der Waals surface area contributed by atoms with Crippen LogP contribution in [0.3, 0.4) is 0 Å². The molecule has 1 unspecified atom stereocenters. The van der Waals surface area contributed by atoms with Crippen molar-refractivity contribution in [2.75, 3.05) is 45.6 Å². The number of urea groups is 1. The molecule has 0 fully saturated rings. The molecule has 0 saturated heterocycles. The molecule has 0 saturated carbocycles. The molecule has 0 spiro atoms. The SMILES string of the molecule is CN(C)CCCNCCC(CNC(=O)Nc1cc(Cl)cc(Cl)c1)c1cccc(-c2ccc(F)c(Cl)c2)c1. The van der Waals surface area contributed by atoms with Crippen LogP contribution in [0.2, 0.25) is 15.1 Å². The van der Waals surface area contributed by atoms with Crippen LogP contribution in [0.5, 0.6) is 0 Å². The van der Waals surface area contributed by atoms with E-state index in [9.17, 15) is 9.18 Å². The Morgan fingerprint density at radius 1 is 0.946 bits per heavy atom. The maximum absolute atomic E-state index is 13.7. The Kier molecular flexibility index (Phi) is 11.5. The van der Waals surface area contributed by atoms with Crippen LogP contribution in [0.1, 0.15) is 24.3 Å². The van der Waals surface area contributed by atoms with E-state index in [2.05, 4.69) is 41.0 Å². The van der Waals surface area contributed by atoms with Gasteiger partial charge in [0.25, 0.3) is 0 Å². The molecule has 3 rings (SSSR count). The highest BCUT2D eigenvalue weighted by Crippen LogP contribution is 2.29. The number of amides is 2. The number of carbonyl (C=O) groups is 1. The lowest BCUT2D eigenvalue weighted by atomic mass is 9.92. The number of carbonyl (C=O) groups excluding carboxylic acids is 1. The molecular formula is C28H32Cl3FN4O. The van der Waals surface area contributed by atoms with Gasteiger partial charge in [0, 0.05) is 28.2 Å². The first kappa shape index (κ1) is 29.2. The number of nitrogens with one attached hydrogen (secondary N) is 3. The average molecular weight is 566 g/mol. The van der Waals surface area contributed by atoms with Crippen LogP contribution in [-0.4, -0.2) is 51.2 Å². The van der Waals surface area contributed by atoms with Crippen molar-refractivity contribution in [3.8, 4) is 11.1 Å². The summed E-state index contributed by atoms with van der Waals surface area (Å²) in [5.41, 5.74) is 3.35. The Hall–Kier alpha value is -2.35. The van der Waals surface area contributed by atoms with Crippen molar-refractivity contribution in [1.82, 2.24) is 15.5 Å². The van der Waals surface area contributed by atoms with Crippen LogP contribution >= 0.6 is 34.8 Å². The molecule has 198 valence electrons. The van der Waals surface area contributed by atoms with E-state index in [1.807, 2.05) is 18.2 Å². The second-order valence-electron chi connectivity index (χ2n) is 9.14. The standard InChI is InChI=1S/C28H32Cl3FN4O/c1-36(2)12-4-10-33-11-9-22(18-34-28(37)35-25-16-23(29)15-24(30)17-25)20-6-3-5-19(13-20)21-7-8-27(32)26(31)14-21/h3,5-8,13-17,22,33H,4,9-12,18H2,1-2H3,(H2,34,35,37). The van der Waals surface area contributed by atoms with Crippen molar-refractivity contribution in [3.05, 3.63) is 87.1 Å². The number of rotatable bonds is 12. The zero-order valence-electron chi connectivity index (χ0n) is 21.0. The third kappa shape index (κ3) is 9.80. The van der Waals surface area contributed by atoms with Gasteiger partial charge in [0.15, 0.2) is 0 Å². The summed E-state index contributed by atoms with van der Waals surface area (Å²) >= 11 is 18.1. The minimum absolute atomic E-state index is 0.0471. The highest BCUT2D eigenvalue weighted by molar-refractivity contribution is 6.35. The molecule has 0 aliphatic heterocycles. The number of hydrogen-bond acceptors (Lipinski definition) is 3. The molecular weight excluding hydrogens is 534 g/mol. The highest BCUT2D eigenvalue weighted by Gasteiger charge is 2.15. The van der Waals surface area contributed by atoms with Crippen LogP contribution in [0.15, 0.2) is 60.7 Å². The van der Waals surface area contributed by atoms with Gasteiger partial charge < -0.3 is 20.9 Å². The van der Waals surface area contributed by atoms with Crippen molar-refractivity contribution in [1.29, 1.82) is 0 Å². The van der Waals surface area contributed by atoms with Gasteiger partial charge in [-0.3, -0.25) is 0 Å². The van der Waals surface area contributed by atoms with Gasteiger partial charge in [-0.15, -0.1) is 0 Å². The highest BCUT2D eigenvalue weighted by atomic mass is 35.5. The van der Waals surface area contributed by atoms with E-state index < -0.39 is 5.82 Å². The predicted octanol–water partition coefficient (Wildman–Crippen LogP) is 7.29. The molecule has 0 aliphatic rings. The molecule has 0 bridgehead atoms. The van der Waals surface area contributed by atoms with E-state index in [1.54, 1.807) is 30.3 Å². The average Bonchev–Trinajstić information content (AvgIpc) is 2.84. The fourth-order valence-corrected chi connectivity index (χ4v) is 4.68. The van der Waals surface area contributed by atoms with E-state index in [0.29, 0.717) is 22.3 Å². The van der Waals surface area contributed by atoms with Crippen molar-refractivity contribution >= 4 is 46.5 Å². The van der Waals surface area contributed by atoms with Gasteiger partial charge >= 0.3 is 6.03 Å². The summed E-state index contributed by atoms with van der Waals surface area (Å²) in [6.45, 7) is 3.17. The zero-order valence-corrected chi connectivity index (χ0v) is 23.2. The fraction of sp³-hybridized carbons (Fsp3) is 0.321. The van der Waals surface area contributed by atoms with Crippen molar-refractivity contribution in [3.63, 3.8) is 0 Å². The van der Waals surface area contributed by atoms with Crippen molar-refractivity contribution < 1.29 is 9.18 Å². The second-order valence-corrected chi connectivity index (χ2v) is 10.4. The van der Waals surface area contributed by atoms with Crippen LogP contribution in [-0.2, 0) is 0 Å². The fourth-order valence-electron chi connectivity index (χ4n) is 3.97. The maximum Gasteiger partial charge on any atom is 0.319 e. The molecule has 37 heavy (non-hydrogen) atoms. The summed E-state index contributed by atoms with van der Waals surface area (Å²) in [6.07, 6.45) is 1.88. The third-order valence-corrected chi connectivity index (χ3v) is 6.59. The minimum atomic E-state index is -0.448. The molecule has 0 heterocycles. The number of benzene rings is 3. The van der Waals surface area contributed by atoms with Crippen LogP contribution in [0.25, 0.3) is 11.1 Å². The lowest BCUT2D eigenvalue weighted by molar-refractivity contribution is 0.251. The molecule has 5 nitrogen and oxygen atoms in total. The summed E-state index contributed by atoms with van der Waals surface area (Å²) < 4.78 is 13.7. The minimum Gasteiger partial charge on any atom is -0.337 e. The normalized spacial score (nSPS) is 12.0. The molecule has 3 aromatic rings. The van der Waals surface area contributed by atoms with Gasteiger partial charge in [-0.1, -0.05) is 65.1 Å². The van der Waals surface area contributed by atoms with Gasteiger partial charge in [0.1, 0.15) is 5.82 Å². The number of halogens is 4. The van der Waals surface area contributed by atoms with E-state index >= 15 is 0 Å². The monoisotopic (exact) mass is 564 g/mol. The van der Waals surface area contributed by atoms with Gasteiger partial charge in [-0.2, -0.15) is 0 Å². The topological polar surface area (TPSA) is 56.4 Å². The quantitative estimate of drug-likeness (QED) is 0.202. The Bertz CT molecular complexity index is 1170. The van der Waals surface area contributed by atoms with Crippen molar-refractivity contribution in [2.24, 2.45) is 0 Å². The van der Waals surface area contributed by atoms with Crippen LogP contribution < -0.4 is 16.0 Å². The van der Waals surface area contributed by atoms with E-state index in [0.717, 1.165) is 49.2 Å². The smallest absolute Gasteiger partial charge is 0.319 e. The Morgan fingerprint density at radius 3 is 2.38 bits per heavy atom. The maximum atomic E-state index is 13.7. The molecule has 2 amide bonds. The first-order valence-corrected chi connectivity index (χ1v) is 13.3. The van der Waals surface area contributed by atoms with Crippen molar-refractivity contribution in [2.45, 2.75) is 18.8 Å². The lowest BCUT2D eigenvalue weighted by Crippen LogP contribution is -2.33. The Morgan fingerprint density at radius 2 is 1.68 bits per heavy atom. The molecule has 0 aliphatic carbocycles. The summed E-state index contributed by atoms with van der Waals surface area (Å²) in [7, 11) is 4.12. The van der Waals surface area contributed by atoms with E-state index in [4.69, 9.17) is 34.8 Å². The summed E-state index contributed by atoms with van der Waals surface area (Å²) in [5.74, 6) is -0.401. The largest absolute Gasteiger partial charge is 0.337 e. The first-order chi connectivity index (χ1) is 17.7. The van der Waals surface area contributed by atoms with E-state index in [-0.39, 0.29) is 17.0 Å². The molecule has 3 aromatic carbocycles. The van der Waals surface area contributed by atoms with Crippen LogP contribution in [0, 0.1) is 5.82 Å². The van der Waals surface area contributed by atoms with E-state index in [1.165, 1.54) is 6.07 Å². The van der Waals surface area contributed by atoms with Crippen LogP contribution in [0.4, 0.5) is 14.9 Å². The third-order valence-electron chi connectivity index (χ3n) is 5.87. The molecule has 1 atom stereocenters. The lowest BCUT2D eigenvalue weighted by Gasteiger charge is -2.20. The first-order valence-electron chi connectivity index (χ1n) is 12.1. The summed E-state index contributed by atoms with van der Waals surface area (Å²) in [6, 6.07) is 17.3. The zero-order chi connectivity index (χ0) is 26.8. The number of hydrogen-bond donors (Lipinski definition) is 3. The number of anilines is 1. The second kappa shape index (κ2) is 14.6. The van der Waals surface area contributed by atoms with Gasteiger partial charge in [-0.05, 0) is 93.6 Å². The van der Waals surface area contributed by atoms with Gasteiger partial charge in [0.2, 0.25) is 0 Å². The predicted molar refractivity (Wildman–Crippen MR) is 154 cm³/mol. The molecule has 9 heteroatoms. The summed E-state index contributed by atoms with van der Waals surface area (Å²) in [5, 5.41) is 10.2. The Labute approximate surface area is 233 Å². The molecule has 3 N–H and O–H groups in total. The molecule has 0 radical (unpaired) electrons. The molecule has 0 aromatic heterocycles.